The Balaban J connectivity index is 1.37. The SMILES string of the molecule is Nc1cc(-c2ccc([N+](=O)[O-])cc2)nc2c1cnn2C1CCN(Cc2ccccc2)CC1. The van der Waals surface area contributed by atoms with E-state index in [4.69, 9.17) is 10.7 Å². The zero-order valence-corrected chi connectivity index (χ0v) is 17.6. The smallest absolute Gasteiger partial charge is 0.269 e. The van der Waals surface area contributed by atoms with Crippen molar-refractivity contribution >= 4 is 22.4 Å². The Morgan fingerprint density at radius 3 is 2.47 bits per heavy atom. The van der Waals surface area contributed by atoms with Gasteiger partial charge in [-0.2, -0.15) is 5.10 Å². The molecule has 0 aliphatic carbocycles. The summed E-state index contributed by atoms with van der Waals surface area (Å²) in [5.74, 6) is 0. The number of likely N-dealkylation sites (tertiary alicyclic amines) is 1. The van der Waals surface area contributed by atoms with Crippen LogP contribution in [-0.2, 0) is 6.54 Å². The summed E-state index contributed by atoms with van der Waals surface area (Å²) in [4.78, 5) is 17.8. The van der Waals surface area contributed by atoms with Crippen LogP contribution in [0, 0.1) is 10.1 Å². The number of nitrogen functional groups attached to an aromatic ring is 1. The molecule has 32 heavy (non-hydrogen) atoms. The number of rotatable bonds is 5. The summed E-state index contributed by atoms with van der Waals surface area (Å²) in [5, 5.41) is 16.4. The summed E-state index contributed by atoms with van der Waals surface area (Å²) in [7, 11) is 0. The fraction of sp³-hybridized carbons (Fsp3) is 0.250. The molecule has 1 fully saturated rings. The number of non-ortho nitro benzene ring substituents is 1. The van der Waals surface area contributed by atoms with Gasteiger partial charge in [-0.25, -0.2) is 9.67 Å². The molecular formula is C24H24N6O2. The van der Waals surface area contributed by atoms with E-state index in [0.29, 0.717) is 11.4 Å². The first-order chi connectivity index (χ1) is 15.6. The number of nitro benzene ring substituents is 1. The number of anilines is 1. The Kier molecular flexibility index (Phi) is 5.28. The molecule has 0 bridgehead atoms. The molecule has 4 aromatic rings. The molecule has 8 heteroatoms. The van der Waals surface area contributed by atoms with E-state index in [1.54, 1.807) is 24.4 Å². The Labute approximate surface area is 185 Å². The molecule has 0 amide bonds. The minimum absolute atomic E-state index is 0.0510. The fourth-order valence-electron chi connectivity index (χ4n) is 4.37. The van der Waals surface area contributed by atoms with Crippen LogP contribution < -0.4 is 5.73 Å². The van der Waals surface area contributed by atoms with Crippen LogP contribution in [0.25, 0.3) is 22.3 Å². The number of nitro groups is 1. The topological polar surface area (TPSA) is 103 Å². The third-order valence-electron chi connectivity index (χ3n) is 6.12. The van der Waals surface area contributed by atoms with E-state index in [9.17, 15) is 10.1 Å². The van der Waals surface area contributed by atoms with E-state index in [0.717, 1.165) is 49.1 Å². The number of nitrogens with zero attached hydrogens (tertiary/aromatic N) is 5. The van der Waals surface area contributed by atoms with Gasteiger partial charge in [0, 0.05) is 43.0 Å². The van der Waals surface area contributed by atoms with E-state index in [1.807, 2.05) is 10.7 Å². The van der Waals surface area contributed by atoms with Crippen LogP contribution in [0.2, 0.25) is 0 Å². The zero-order chi connectivity index (χ0) is 22.1. The van der Waals surface area contributed by atoms with Gasteiger partial charge in [0.05, 0.1) is 28.2 Å². The molecule has 2 aromatic carbocycles. The lowest BCUT2D eigenvalue weighted by Gasteiger charge is -2.32. The molecule has 162 valence electrons. The van der Waals surface area contributed by atoms with Gasteiger partial charge in [0.15, 0.2) is 5.65 Å². The van der Waals surface area contributed by atoms with Crippen LogP contribution in [0.15, 0.2) is 66.9 Å². The van der Waals surface area contributed by atoms with Crippen molar-refractivity contribution in [1.82, 2.24) is 19.7 Å². The first kappa shape index (κ1) is 20.1. The van der Waals surface area contributed by atoms with Gasteiger partial charge >= 0.3 is 0 Å². The highest BCUT2D eigenvalue weighted by Gasteiger charge is 2.24. The lowest BCUT2D eigenvalue weighted by atomic mass is 10.0. The van der Waals surface area contributed by atoms with Gasteiger partial charge in [-0.3, -0.25) is 15.0 Å². The van der Waals surface area contributed by atoms with Gasteiger partial charge in [-0.05, 0) is 36.6 Å². The maximum atomic E-state index is 10.9. The highest BCUT2D eigenvalue weighted by atomic mass is 16.6. The second kappa shape index (κ2) is 8.39. The minimum Gasteiger partial charge on any atom is -0.398 e. The van der Waals surface area contributed by atoms with Gasteiger partial charge in [0.2, 0.25) is 0 Å². The summed E-state index contributed by atoms with van der Waals surface area (Å²) in [6, 6.07) is 19.0. The molecule has 0 unspecified atom stereocenters. The average Bonchev–Trinajstić information content (AvgIpc) is 3.25. The van der Waals surface area contributed by atoms with Crippen molar-refractivity contribution in [3.63, 3.8) is 0 Å². The molecule has 2 aromatic heterocycles. The lowest BCUT2D eigenvalue weighted by Crippen LogP contribution is -2.34. The normalized spacial score (nSPS) is 15.2. The van der Waals surface area contributed by atoms with E-state index in [2.05, 4.69) is 34.3 Å². The van der Waals surface area contributed by atoms with Gasteiger partial charge in [-0.1, -0.05) is 30.3 Å². The van der Waals surface area contributed by atoms with Gasteiger partial charge in [-0.15, -0.1) is 0 Å². The number of pyridine rings is 1. The number of hydrogen-bond acceptors (Lipinski definition) is 6. The fourth-order valence-corrected chi connectivity index (χ4v) is 4.37. The van der Waals surface area contributed by atoms with Crippen molar-refractivity contribution in [2.75, 3.05) is 18.8 Å². The summed E-state index contributed by atoms with van der Waals surface area (Å²) in [6.45, 7) is 2.96. The van der Waals surface area contributed by atoms with Crippen LogP contribution in [0.5, 0.6) is 0 Å². The summed E-state index contributed by atoms with van der Waals surface area (Å²) in [6.07, 6.45) is 3.77. The summed E-state index contributed by atoms with van der Waals surface area (Å²) >= 11 is 0. The highest BCUT2D eigenvalue weighted by Crippen LogP contribution is 2.31. The number of fused-ring (bicyclic) bond motifs is 1. The van der Waals surface area contributed by atoms with Crippen molar-refractivity contribution in [2.24, 2.45) is 0 Å². The van der Waals surface area contributed by atoms with Gasteiger partial charge < -0.3 is 5.73 Å². The number of hydrogen-bond donors (Lipinski definition) is 1. The maximum absolute atomic E-state index is 10.9. The molecule has 0 saturated carbocycles. The van der Waals surface area contributed by atoms with Crippen LogP contribution in [0.3, 0.4) is 0 Å². The van der Waals surface area contributed by atoms with E-state index in [-0.39, 0.29) is 11.7 Å². The molecule has 5 rings (SSSR count). The third kappa shape index (κ3) is 3.92. The first-order valence-corrected chi connectivity index (χ1v) is 10.7. The zero-order valence-electron chi connectivity index (χ0n) is 17.6. The van der Waals surface area contributed by atoms with Crippen molar-refractivity contribution in [3.8, 4) is 11.3 Å². The monoisotopic (exact) mass is 428 g/mol. The van der Waals surface area contributed by atoms with Crippen LogP contribution in [0.4, 0.5) is 11.4 Å². The lowest BCUT2D eigenvalue weighted by molar-refractivity contribution is -0.384. The minimum atomic E-state index is -0.409. The quantitative estimate of drug-likeness (QED) is 0.373. The summed E-state index contributed by atoms with van der Waals surface area (Å²) in [5.41, 5.74) is 10.5. The van der Waals surface area contributed by atoms with Crippen LogP contribution in [-0.4, -0.2) is 37.7 Å². The molecule has 1 aliphatic rings. The molecular weight excluding hydrogens is 404 g/mol. The molecule has 2 N–H and O–H groups in total. The summed E-state index contributed by atoms with van der Waals surface area (Å²) < 4.78 is 2.00. The Hall–Kier alpha value is -3.78. The standard InChI is InChI=1S/C24H24N6O2/c25-22-14-23(18-6-8-20(9-7-18)30(31)32)27-24-21(22)15-26-29(24)19-10-12-28(13-11-19)16-17-4-2-1-3-5-17/h1-9,14-15,19H,10-13,16H2,(H2,25,27). The third-order valence-corrected chi connectivity index (χ3v) is 6.12. The molecule has 1 saturated heterocycles. The average molecular weight is 428 g/mol. The predicted molar refractivity (Wildman–Crippen MR) is 124 cm³/mol. The van der Waals surface area contributed by atoms with E-state index >= 15 is 0 Å². The predicted octanol–water partition coefficient (Wildman–Crippen LogP) is 4.43. The first-order valence-electron chi connectivity index (χ1n) is 10.7. The van der Waals surface area contributed by atoms with Gasteiger partial charge in [0.25, 0.3) is 5.69 Å². The largest absolute Gasteiger partial charge is 0.398 e. The van der Waals surface area contributed by atoms with E-state index in [1.165, 1.54) is 17.7 Å². The molecule has 0 atom stereocenters. The molecule has 1 aliphatic heterocycles. The second-order valence-electron chi connectivity index (χ2n) is 8.22. The number of nitrogens with two attached hydrogens (primary N) is 1. The van der Waals surface area contributed by atoms with Crippen molar-refractivity contribution in [1.29, 1.82) is 0 Å². The molecule has 8 nitrogen and oxygen atoms in total. The van der Waals surface area contributed by atoms with Crippen molar-refractivity contribution < 1.29 is 4.92 Å². The Morgan fingerprint density at radius 1 is 1.06 bits per heavy atom. The Morgan fingerprint density at radius 2 is 1.78 bits per heavy atom. The number of benzene rings is 2. The van der Waals surface area contributed by atoms with Crippen LogP contribution in [0.1, 0.15) is 24.4 Å². The molecule has 3 heterocycles. The van der Waals surface area contributed by atoms with Crippen molar-refractivity contribution in [3.05, 3.63) is 82.5 Å². The highest BCUT2D eigenvalue weighted by molar-refractivity contribution is 5.90. The molecule has 0 spiro atoms. The van der Waals surface area contributed by atoms with Crippen molar-refractivity contribution in [2.45, 2.75) is 25.4 Å². The van der Waals surface area contributed by atoms with E-state index < -0.39 is 4.92 Å². The number of aromatic nitrogens is 3. The number of piperidine rings is 1. The Bertz CT molecular complexity index is 1240. The maximum Gasteiger partial charge on any atom is 0.269 e. The van der Waals surface area contributed by atoms with Crippen LogP contribution >= 0.6 is 0 Å². The molecule has 0 radical (unpaired) electrons. The second-order valence-corrected chi connectivity index (χ2v) is 8.22. The van der Waals surface area contributed by atoms with Gasteiger partial charge in [0.1, 0.15) is 0 Å².